The highest BCUT2D eigenvalue weighted by Crippen LogP contribution is 2.18. The van der Waals surface area contributed by atoms with Gasteiger partial charge in [0.2, 0.25) is 0 Å². The summed E-state index contributed by atoms with van der Waals surface area (Å²) in [6, 6.07) is 0. The van der Waals surface area contributed by atoms with Crippen LogP contribution < -0.4 is 0 Å². The van der Waals surface area contributed by atoms with Crippen LogP contribution in [0, 0.1) is 0 Å². The molecular formula is C8H9FO2. The number of hydrogen-bond donors (Lipinski definition) is 1. The van der Waals surface area contributed by atoms with Crippen molar-refractivity contribution in [1.29, 1.82) is 0 Å². The molecule has 1 aliphatic rings. The molecule has 1 atom stereocenters. The fourth-order valence-electron chi connectivity index (χ4n) is 0.932. The number of ketones is 1. The van der Waals surface area contributed by atoms with Crippen LogP contribution in [0.2, 0.25) is 0 Å². The molecule has 0 aromatic heterocycles. The minimum atomic E-state index is -1.59. The first-order chi connectivity index (χ1) is 5.19. The van der Waals surface area contributed by atoms with Gasteiger partial charge < -0.3 is 5.11 Å². The Morgan fingerprint density at radius 1 is 1.64 bits per heavy atom. The second-order valence-corrected chi connectivity index (χ2v) is 2.47. The summed E-state index contributed by atoms with van der Waals surface area (Å²) in [4.78, 5) is 10.8. The van der Waals surface area contributed by atoms with Crippen LogP contribution in [0.4, 0.5) is 4.39 Å². The second-order valence-electron chi connectivity index (χ2n) is 2.47. The molecule has 11 heavy (non-hydrogen) atoms. The molecule has 0 radical (unpaired) electrons. The van der Waals surface area contributed by atoms with Crippen LogP contribution in [-0.2, 0) is 4.79 Å². The maximum absolute atomic E-state index is 11.8. The number of hydrogen-bond acceptors (Lipinski definition) is 2. The Labute approximate surface area is 64.0 Å². The van der Waals surface area contributed by atoms with Crippen molar-refractivity contribution in [3.05, 3.63) is 24.3 Å². The predicted octanol–water partition coefficient (Wildman–Crippen LogP) is 0.772. The smallest absolute Gasteiger partial charge is 0.199 e. The molecule has 0 saturated heterocycles. The van der Waals surface area contributed by atoms with E-state index in [1.807, 2.05) is 0 Å². The zero-order chi connectivity index (χ0) is 8.32. The molecule has 0 amide bonds. The van der Waals surface area contributed by atoms with E-state index in [4.69, 9.17) is 0 Å². The zero-order valence-corrected chi connectivity index (χ0v) is 5.96. The summed E-state index contributed by atoms with van der Waals surface area (Å²) >= 11 is 0. The lowest BCUT2D eigenvalue weighted by atomic mass is 9.91. The summed E-state index contributed by atoms with van der Waals surface area (Å²) in [7, 11) is 0. The Morgan fingerprint density at radius 3 is 2.82 bits per heavy atom. The van der Waals surface area contributed by atoms with Gasteiger partial charge in [-0.05, 0) is 6.08 Å². The normalized spacial score (nSPS) is 28.9. The van der Waals surface area contributed by atoms with E-state index in [-0.39, 0.29) is 6.42 Å². The molecule has 0 bridgehead atoms. The van der Waals surface area contributed by atoms with Gasteiger partial charge in [-0.15, -0.1) is 0 Å². The van der Waals surface area contributed by atoms with E-state index in [1.54, 1.807) is 12.2 Å². The molecule has 0 aliphatic heterocycles. The Bertz CT molecular complexity index is 220. The number of carbonyl (C=O) groups excluding carboxylic acids is 1. The van der Waals surface area contributed by atoms with E-state index >= 15 is 0 Å². The Kier molecular flexibility index (Phi) is 2.19. The number of halogens is 1. The van der Waals surface area contributed by atoms with Gasteiger partial charge in [0, 0.05) is 6.42 Å². The first-order valence-corrected chi connectivity index (χ1v) is 3.35. The van der Waals surface area contributed by atoms with E-state index in [9.17, 15) is 14.3 Å². The number of allylic oxidation sites excluding steroid dienone is 2. The lowest BCUT2D eigenvalue weighted by Crippen LogP contribution is -2.37. The lowest BCUT2D eigenvalue weighted by molar-refractivity contribution is -0.133. The summed E-state index contributed by atoms with van der Waals surface area (Å²) in [6.07, 6.45) is 6.37. The van der Waals surface area contributed by atoms with Gasteiger partial charge in [-0.25, -0.2) is 4.39 Å². The average molecular weight is 156 g/mol. The van der Waals surface area contributed by atoms with Crippen LogP contribution in [0.15, 0.2) is 24.3 Å². The summed E-state index contributed by atoms with van der Waals surface area (Å²) in [5, 5.41) is 9.41. The van der Waals surface area contributed by atoms with Crippen LogP contribution in [0.25, 0.3) is 0 Å². The molecule has 1 N–H and O–H groups in total. The Morgan fingerprint density at radius 2 is 2.36 bits per heavy atom. The highest BCUT2D eigenvalue weighted by atomic mass is 19.1. The molecule has 3 heteroatoms. The molecule has 0 heterocycles. The summed E-state index contributed by atoms with van der Waals surface area (Å²) in [5.74, 6) is -0.780. The number of carbonyl (C=O) groups is 1. The van der Waals surface area contributed by atoms with E-state index in [0.717, 1.165) is 0 Å². The standard InChI is InChI=1S/C8H9FO2/c9-6-7(10)8(11)4-2-1-3-5-8/h1-4,11H,5-6H2/t8-/m1/s1. The van der Waals surface area contributed by atoms with Crippen LogP contribution in [0.5, 0.6) is 0 Å². The van der Waals surface area contributed by atoms with Crippen LogP contribution in [-0.4, -0.2) is 23.2 Å². The third-order valence-electron chi connectivity index (χ3n) is 1.65. The third-order valence-corrected chi connectivity index (χ3v) is 1.65. The largest absolute Gasteiger partial charge is 0.377 e. The molecule has 0 aromatic carbocycles. The molecule has 1 aliphatic carbocycles. The van der Waals surface area contributed by atoms with Gasteiger partial charge in [-0.3, -0.25) is 4.79 Å². The highest BCUT2D eigenvalue weighted by Gasteiger charge is 2.31. The molecule has 0 unspecified atom stereocenters. The van der Waals surface area contributed by atoms with Gasteiger partial charge in [-0.1, -0.05) is 18.2 Å². The fourth-order valence-corrected chi connectivity index (χ4v) is 0.932. The Balaban J connectivity index is 2.75. The maximum atomic E-state index is 11.8. The summed E-state index contributed by atoms with van der Waals surface area (Å²) in [5.41, 5.74) is -1.59. The predicted molar refractivity (Wildman–Crippen MR) is 38.8 cm³/mol. The topological polar surface area (TPSA) is 37.3 Å². The van der Waals surface area contributed by atoms with E-state index in [1.165, 1.54) is 12.2 Å². The minimum Gasteiger partial charge on any atom is -0.377 e. The number of rotatable bonds is 2. The fraction of sp³-hybridized carbons (Fsp3) is 0.375. The van der Waals surface area contributed by atoms with Crippen molar-refractivity contribution in [3.8, 4) is 0 Å². The number of Topliss-reactive ketones (excluding diaryl/α,β-unsaturated/α-hetero) is 1. The average Bonchev–Trinajstić information content (AvgIpc) is 2.04. The van der Waals surface area contributed by atoms with Crippen molar-refractivity contribution in [2.45, 2.75) is 12.0 Å². The lowest BCUT2D eigenvalue weighted by Gasteiger charge is -2.21. The molecule has 0 fully saturated rings. The minimum absolute atomic E-state index is 0.173. The summed E-state index contributed by atoms with van der Waals surface area (Å²) < 4.78 is 11.8. The molecular weight excluding hydrogens is 147 g/mol. The van der Waals surface area contributed by atoms with Gasteiger partial charge in [0.15, 0.2) is 12.5 Å². The zero-order valence-electron chi connectivity index (χ0n) is 5.96. The van der Waals surface area contributed by atoms with Crippen molar-refractivity contribution in [2.24, 2.45) is 0 Å². The molecule has 0 saturated carbocycles. The quantitative estimate of drug-likeness (QED) is 0.641. The molecule has 60 valence electrons. The van der Waals surface area contributed by atoms with Crippen molar-refractivity contribution >= 4 is 5.78 Å². The van der Waals surface area contributed by atoms with Crippen molar-refractivity contribution in [3.63, 3.8) is 0 Å². The van der Waals surface area contributed by atoms with Gasteiger partial charge in [0.05, 0.1) is 0 Å². The first kappa shape index (κ1) is 8.14. The first-order valence-electron chi connectivity index (χ1n) is 3.35. The van der Waals surface area contributed by atoms with Gasteiger partial charge in [-0.2, -0.15) is 0 Å². The van der Waals surface area contributed by atoms with Crippen molar-refractivity contribution in [2.75, 3.05) is 6.67 Å². The van der Waals surface area contributed by atoms with E-state index < -0.39 is 18.1 Å². The maximum Gasteiger partial charge on any atom is 0.199 e. The molecule has 2 nitrogen and oxygen atoms in total. The van der Waals surface area contributed by atoms with Crippen LogP contribution >= 0.6 is 0 Å². The summed E-state index contributed by atoms with van der Waals surface area (Å²) in [6.45, 7) is -1.12. The second kappa shape index (κ2) is 2.96. The highest BCUT2D eigenvalue weighted by molar-refractivity contribution is 5.90. The van der Waals surface area contributed by atoms with Gasteiger partial charge in [0.25, 0.3) is 0 Å². The number of aliphatic hydroxyl groups is 1. The third kappa shape index (κ3) is 1.54. The van der Waals surface area contributed by atoms with Gasteiger partial charge >= 0.3 is 0 Å². The van der Waals surface area contributed by atoms with Crippen LogP contribution in [0.1, 0.15) is 6.42 Å². The monoisotopic (exact) mass is 156 g/mol. The molecule has 1 rings (SSSR count). The van der Waals surface area contributed by atoms with Gasteiger partial charge in [0.1, 0.15) is 5.60 Å². The molecule has 0 aromatic rings. The van der Waals surface area contributed by atoms with Crippen molar-refractivity contribution < 1.29 is 14.3 Å². The molecule has 0 spiro atoms. The Hall–Kier alpha value is -0.960. The SMILES string of the molecule is O=C(CF)[C@@]1(O)C=CC=CC1. The van der Waals surface area contributed by atoms with Crippen LogP contribution in [0.3, 0.4) is 0 Å². The van der Waals surface area contributed by atoms with Crippen molar-refractivity contribution in [1.82, 2.24) is 0 Å². The van der Waals surface area contributed by atoms with E-state index in [2.05, 4.69) is 0 Å². The number of alkyl halides is 1. The van der Waals surface area contributed by atoms with E-state index in [0.29, 0.717) is 0 Å².